The third-order valence-corrected chi connectivity index (χ3v) is 3.22. The molecule has 1 rings (SSSR count). The molecule has 5 nitrogen and oxygen atoms in total. The van der Waals surface area contributed by atoms with Crippen LogP contribution < -0.4 is 0 Å². The zero-order valence-corrected chi connectivity index (χ0v) is 11.9. The van der Waals surface area contributed by atoms with Crippen LogP contribution in [0.15, 0.2) is 0 Å². The Morgan fingerprint density at radius 2 is 1.78 bits per heavy atom. The zero-order valence-electron chi connectivity index (χ0n) is 11.9. The van der Waals surface area contributed by atoms with E-state index < -0.39 is 11.9 Å². The van der Waals surface area contributed by atoms with Gasteiger partial charge < -0.3 is 19.8 Å². The van der Waals surface area contributed by atoms with Crippen molar-refractivity contribution in [3.63, 3.8) is 0 Å². The van der Waals surface area contributed by atoms with Crippen molar-refractivity contribution in [1.82, 2.24) is 4.90 Å². The summed E-state index contributed by atoms with van der Waals surface area (Å²) in [6, 6.07) is 0. The van der Waals surface area contributed by atoms with Crippen molar-refractivity contribution in [2.75, 3.05) is 13.1 Å². The first kappa shape index (κ1) is 15.2. The molecule has 0 saturated carbocycles. The number of likely N-dealkylation sites (tertiary alicyclic amines) is 1. The lowest BCUT2D eigenvalue weighted by molar-refractivity contribution is -0.135. The molecular formula is C13H25NO4. The largest absolute Gasteiger partial charge is 0.444 e. The molecule has 1 saturated heterocycles. The van der Waals surface area contributed by atoms with Gasteiger partial charge >= 0.3 is 6.09 Å². The van der Waals surface area contributed by atoms with Crippen molar-refractivity contribution in [1.29, 1.82) is 0 Å². The minimum Gasteiger partial charge on any atom is -0.444 e. The lowest BCUT2D eigenvalue weighted by atomic mass is 9.78. The van der Waals surface area contributed by atoms with Crippen molar-refractivity contribution < 1.29 is 19.7 Å². The average molecular weight is 259 g/mol. The van der Waals surface area contributed by atoms with E-state index in [0.717, 1.165) is 0 Å². The molecule has 0 radical (unpaired) electrons. The number of aliphatic hydroxyl groups excluding tert-OH is 1. The molecule has 1 atom stereocenters. The van der Waals surface area contributed by atoms with E-state index in [1.54, 1.807) is 4.90 Å². The molecule has 1 aliphatic rings. The Bertz CT molecular complexity index is 282. The quantitative estimate of drug-likeness (QED) is 0.752. The van der Waals surface area contributed by atoms with E-state index in [2.05, 4.69) is 0 Å². The topological polar surface area (TPSA) is 70.0 Å². The highest BCUT2D eigenvalue weighted by atomic mass is 16.6. The van der Waals surface area contributed by atoms with E-state index >= 15 is 0 Å². The van der Waals surface area contributed by atoms with Gasteiger partial charge in [-0.25, -0.2) is 4.79 Å². The summed E-state index contributed by atoms with van der Waals surface area (Å²) in [4.78, 5) is 13.3. The molecule has 1 fully saturated rings. The highest BCUT2D eigenvalue weighted by Gasteiger charge is 2.41. The molecule has 0 aliphatic carbocycles. The van der Waals surface area contributed by atoms with E-state index in [9.17, 15) is 15.0 Å². The highest BCUT2D eigenvalue weighted by molar-refractivity contribution is 5.69. The highest BCUT2D eigenvalue weighted by Crippen LogP contribution is 2.32. The molecule has 2 N–H and O–H groups in total. The summed E-state index contributed by atoms with van der Waals surface area (Å²) in [5, 5.41) is 18.7. The minimum absolute atomic E-state index is 0.137. The van der Waals surface area contributed by atoms with E-state index in [4.69, 9.17) is 4.74 Å². The van der Waals surface area contributed by atoms with Gasteiger partial charge in [-0.1, -0.05) is 13.8 Å². The monoisotopic (exact) mass is 259 g/mol. The van der Waals surface area contributed by atoms with E-state index in [1.807, 2.05) is 34.6 Å². The molecule has 1 aliphatic heterocycles. The van der Waals surface area contributed by atoms with Crippen molar-refractivity contribution in [2.24, 2.45) is 17.8 Å². The van der Waals surface area contributed by atoms with Crippen LogP contribution in [-0.4, -0.2) is 46.2 Å². The summed E-state index contributed by atoms with van der Waals surface area (Å²) in [6.07, 6.45) is -1.65. The van der Waals surface area contributed by atoms with Crippen LogP contribution in [-0.2, 0) is 4.74 Å². The molecule has 18 heavy (non-hydrogen) atoms. The molecule has 1 amide bonds. The van der Waals surface area contributed by atoms with Crippen LogP contribution in [0, 0.1) is 17.8 Å². The number of amides is 1. The van der Waals surface area contributed by atoms with Crippen LogP contribution in [0.1, 0.15) is 34.6 Å². The second-order valence-corrected chi connectivity index (χ2v) is 6.38. The number of aliphatic hydroxyl groups is 2. The first-order valence-corrected chi connectivity index (χ1v) is 6.46. The van der Waals surface area contributed by atoms with Crippen LogP contribution in [0.5, 0.6) is 0 Å². The smallest absolute Gasteiger partial charge is 0.410 e. The lowest BCUT2D eigenvalue weighted by Crippen LogP contribution is -2.56. The van der Waals surface area contributed by atoms with Gasteiger partial charge in [-0.05, 0) is 26.7 Å². The molecule has 0 aromatic rings. The normalized spacial score (nSPS) is 19.1. The molecule has 106 valence electrons. The maximum absolute atomic E-state index is 11.7. The molecule has 5 heteroatoms. The third-order valence-electron chi connectivity index (χ3n) is 3.22. The Hall–Kier alpha value is -0.810. The molecular weight excluding hydrogens is 234 g/mol. The number of hydrogen-bond donors (Lipinski definition) is 2. The van der Waals surface area contributed by atoms with E-state index in [-0.39, 0.29) is 23.8 Å². The predicted octanol–water partition coefficient (Wildman–Crippen LogP) is 1.44. The summed E-state index contributed by atoms with van der Waals surface area (Å²) in [5.74, 6) is 0.122. The minimum atomic E-state index is -1.32. The Morgan fingerprint density at radius 1 is 1.28 bits per heavy atom. The van der Waals surface area contributed by atoms with Gasteiger partial charge in [0.05, 0.1) is 0 Å². The van der Waals surface area contributed by atoms with Crippen molar-refractivity contribution >= 4 is 6.09 Å². The number of ether oxygens (including phenoxy) is 1. The number of nitrogens with zero attached hydrogens (tertiary/aromatic N) is 1. The average Bonchev–Trinajstić information content (AvgIpc) is 2.04. The molecule has 0 aromatic carbocycles. The van der Waals surface area contributed by atoms with Crippen molar-refractivity contribution in [3.05, 3.63) is 0 Å². The van der Waals surface area contributed by atoms with Gasteiger partial charge in [0.25, 0.3) is 0 Å². The van der Waals surface area contributed by atoms with Crippen molar-refractivity contribution in [3.8, 4) is 0 Å². The Kier molecular flexibility index (Phi) is 4.61. The summed E-state index contributed by atoms with van der Waals surface area (Å²) >= 11 is 0. The maximum atomic E-state index is 11.7. The fourth-order valence-electron chi connectivity index (χ4n) is 2.36. The Balaban J connectivity index is 2.46. The molecule has 0 spiro atoms. The van der Waals surface area contributed by atoms with Crippen LogP contribution in [0.25, 0.3) is 0 Å². The standard InChI is InChI=1S/C13H25NO4/c1-8(2)10(11(15)16)9-6-14(7-9)12(17)18-13(3,4)5/h8-11,15-16H,6-7H2,1-5H3. The fourth-order valence-corrected chi connectivity index (χ4v) is 2.36. The number of rotatable bonds is 3. The van der Waals surface area contributed by atoms with E-state index in [0.29, 0.717) is 13.1 Å². The second-order valence-electron chi connectivity index (χ2n) is 6.38. The first-order chi connectivity index (χ1) is 8.11. The Labute approximate surface area is 109 Å². The maximum Gasteiger partial charge on any atom is 0.410 e. The zero-order chi connectivity index (χ0) is 14.1. The Morgan fingerprint density at radius 3 is 2.11 bits per heavy atom. The van der Waals surface area contributed by atoms with Gasteiger partial charge in [0.15, 0.2) is 6.29 Å². The second kappa shape index (κ2) is 5.45. The van der Waals surface area contributed by atoms with Gasteiger partial charge in [-0.15, -0.1) is 0 Å². The molecule has 1 unspecified atom stereocenters. The van der Waals surface area contributed by atoms with Gasteiger partial charge in [-0.3, -0.25) is 0 Å². The molecule has 0 aromatic heterocycles. The van der Waals surface area contributed by atoms with Gasteiger partial charge in [0.2, 0.25) is 0 Å². The number of carbonyl (C=O) groups is 1. The molecule has 1 heterocycles. The summed E-state index contributed by atoms with van der Waals surface area (Å²) in [7, 11) is 0. The van der Waals surface area contributed by atoms with Crippen LogP contribution in [0.2, 0.25) is 0 Å². The number of carbonyl (C=O) groups excluding carboxylic acids is 1. The predicted molar refractivity (Wildman–Crippen MR) is 67.9 cm³/mol. The summed E-state index contributed by atoms with van der Waals surface area (Å²) in [5.41, 5.74) is -0.490. The summed E-state index contributed by atoms with van der Waals surface area (Å²) < 4.78 is 5.25. The van der Waals surface area contributed by atoms with Gasteiger partial charge in [0, 0.05) is 24.9 Å². The van der Waals surface area contributed by atoms with Crippen LogP contribution in [0.3, 0.4) is 0 Å². The van der Waals surface area contributed by atoms with Crippen molar-refractivity contribution in [2.45, 2.75) is 46.5 Å². The van der Waals surface area contributed by atoms with Gasteiger partial charge in [0.1, 0.15) is 5.60 Å². The lowest BCUT2D eigenvalue weighted by Gasteiger charge is -2.45. The van der Waals surface area contributed by atoms with Crippen LogP contribution >= 0.6 is 0 Å². The SMILES string of the molecule is CC(C)C(C(O)O)C1CN(C(=O)OC(C)(C)C)C1. The van der Waals surface area contributed by atoms with Gasteiger partial charge in [-0.2, -0.15) is 0 Å². The molecule has 0 bridgehead atoms. The summed E-state index contributed by atoms with van der Waals surface area (Å²) in [6.45, 7) is 10.5. The van der Waals surface area contributed by atoms with E-state index in [1.165, 1.54) is 0 Å². The number of hydrogen-bond acceptors (Lipinski definition) is 4. The van der Waals surface area contributed by atoms with Crippen LogP contribution in [0.4, 0.5) is 4.79 Å². The first-order valence-electron chi connectivity index (χ1n) is 6.46. The third kappa shape index (κ3) is 3.85. The fraction of sp³-hybridized carbons (Fsp3) is 0.923.